The number of piperidine rings is 1. The van der Waals surface area contributed by atoms with Crippen LogP contribution in [0.1, 0.15) is 5.56 Å². The molecule has 2 N–H and O–H groups in total. The lowest BCUT2D eigenvalue weighted by Gasteiger charge is -2.13. The summed E-state index contributed by atoms with van der Waals surface area (Å²) in [5.74, 6) is -1.99. The summed E-state index contributed by atoms with van der Waals surface area (Å²) in [6, 6.07) is 9.38. The fourth-order valence-electron chi connectivity index (χ4n) is 3.09. The van der Waals surface area contributed by atoms with E-state index in [0.717, 1.165) is 5.56 Å². The number of nitrogens with one attached hydrogen (secondary N) is 1. The first-order chi connectivity index (χ1) is 9.16. The van der Waals surface area contributed by atoms with Gasteiger partial charge in [0.05, 0.1) is 11.3 Å². The van der Waals surface area contributed by atoms with E-state index in [1.165, 1.54) is 0 Å². The molecule has 3 atom stereocenters. The molecule has 3 unspecified atom stereocenters. The van der Waals surface area contributed by atoms with Crippen LogP contribution < -0.4 is 5.32 Å². The Hall–Kier alpha value is -1.88. The Balaban J connectivity index is 1.66. The molecule has 0 radical (unpaired) electrons. The lowest BCUT2D eigenvalue weighted by molar-refractivity contribution is -0.155. The summed E-state index contributed by atoms with van der Waals surface area (Å²) in [7, 11) is 0. The number of carbonyl (C=O) groups excluding carboxylic acids is 1. The molecule has 1 aromatic carbocycles. The summed E-state index contributed by atoms with van der Waals surface area (Å²) in [5.41, 5.74) is 0.0722. The van der Waals surface area contributed by atoms with Crippen molar-refractivity contribution < 1.29 is 19.4 Å². The fraction of sp³-hybridized carbons (Fsp3) is 0.429. The topological polar surface area (TPSA) is 75.6 Å². The number of carboxylic acid groups (broad SMARTS) is 1. The summed E-state index contributed by atoms with van der Waals surface area (Å²) in [6.45, 7) is 1.18. The second kappa shape index (κ2) is 4.35. The second-order valence-electron chi connectivity index (χ2n) is 5.16. The van der Waals surface area contributed by atoms with E-state index in [2.05, 4.69) is 5.32 Å². The van der Waals surface area contributed by atoms with Crippen LogP contribution >= 0.6 is 0 Å². The molecule has 19 heavy (non-hydrogen) atoms. The molecule has 1 saturated heterocycles. The Morgan fingerprint density at radius 1 is 1.37 bits per heavy atom. The van der Waals surface area contributed by atoms with Gasteiger partial charge in [0, 0.05) is 19.0 Å². The molecule has 0 amide bonds. The number of carboxylic acids is 1. The number of aliphatic carboxylic acids is 1. The number of esters is 1. The van der Waals surface area contributed by atoms with E-state index in [9.17, 15) is 9.59 Å². The number of benzene rings is 1. The molecule has 1 aliphatic carbocycles. The first kappa shape index (κ1) is 12.2. The predicted octanol–water partition coefficient (Wildman–Crippen LogP) is 0.650. The number of ether oxygens (including phenoxy) is 1. The van der Waals surface area contributed by atoms with Crippen LogP contribution in [0.2, 0.25) is 0 Å². The van der Waals surface area contributed by atoms with E-state index in [1.54, 1.807) is 0 Å². The third kappa shape index (κ3) is 1.81. The third-order valence-electron chi connectivity index (χ3n) is 4.15. The van der Waals surface area contributed by atoms with E-state index < -0.39 is 23.3 Å². The van der Waals surface area contributed by atoms with Gasteiger partial charge in [-0.1, -0.05) is 30.3 Å². The number of rotatable bonds is 4. The first-order valence-electron chi connectivity index (χ1n) is 6.31. The highest BCUT2D eigenvalue weighted by Crippen LogP contribution is 2.61. The molecule has 2 aliphatic rings. The van der Waals surface area contributed by atoms with Gasteiger partial charge in [0.25, 0.3) is 0 Å². The van der Waals surface area contributed by atoms with Gasteiger partial charge in [0.2, 0.25) is 0 Å². The molecule has 0 aromatic heterocycles. The molecule has 1 saturated carbocycles. The van der Waals surface area contributed by atoms with Crippen molar-refractivity contribution >= 4 is 11.9 Å². The van der Waals surface area contributed by atoms with Gasteiger partial charge in [0.1, 0.15) is 6.61 Å². The number of fused-ring (bicyclic) bond motifs is 1. The van der Waals surface area contributed by atoms with E-state index in [0.29, 0.717) is 13.1 Å². The van der Waals surface area contributed by atoms with Gasteiger partial charge in [-0.3, -0.25) is 9.59 Å². The Kier molecular flexibility index (Phi) is 2.78. The van der Waals surface area contributed by atoms with Crippen LogP contribution in [-0.2, 0) is 20.9 Å². The molecule has 100 valence electrons. The molecule has 5 heteroatoms. The van der Waals surface area contributed by atoms with Crippen molar-refractivity contribution in [1.29, 1.82) is 0 Å². The molecular formula is C14H15NO4. The average Bonchev–Trinajstić information content (AvgIpc) is 2.88. The molecular weight excluding hydrogens is 246 g/mol. The van der Waals surface area contributed by atoms with Gasteiger partial charge in [0.15, 0.2) is 0 Å². The number of carbonyl (C=O) groups is 2. The Morgan fingerprint density at radius 2 is 2.11 bits per heavy atom. The highest BCUT2D eigenvalue weighted by molar-refractivity contribution is 5.92. The molecule has 0 spiro atoms. The quantitative estimate of drug-likeness (QED) is 0.778. The molecule has 3 rings (SSSR count). The molecule has 1 heterocycles. The van der Waals surface area contributed by atoms with Crippen molar-refractivity contribution in [3.63, 3.8) is 0 Å². The summed E-state index contributed by atoms with van der Waals surface area (Å²) in [5, 5.41) is 12.2. The summed E-state index contributed by atoms with van der Waals surface area (Å²) in [4.78, 5) is 23.3. The minimum atomic E-state index is -0.900. The van der Waals surface area contributed by atoms with E-state index in [1.807, 2.05) is 30.3 Å². The number of hydrogen-bond donors (Lipinski definition) is 2. The van der Waals surface area contributed by atoms with Gasteiger partial charge < -0.3 is 15.2 Å². The van der Waals surface area contributed by atoms with E-state index in [-0.39, 0.29) is 12.5 Å². The van der Waals surface area contributed by atoms with Crippen molar-refractivity contribution in [3.8, 4) is 0 Å². The van der Waals surface area contributed by atoms with Crippen LogP contribution in [-0.4, -0.2) is 30.1 Å². The minimum absolute atomic E-state index is 0.117. The molecule has 2 fully saturated rings. The van der Waals surface area contributed by atoms with Gasteiger partial charge >= 0.3 is 11.9 Å². The molecule has 5 nitrogen and oxygen atoms in total. The lowest BCUT2D eigenvalue weighted by Crippen LogP contribution is -2.31. The monoisotopic (exact) mass is 261 g/mol. The van der Waals surface area contributed by atoms with E-state index >= 15 is 0 Å². The Labute approximate surface area is 110 Å². The van der Waals surface area contributed by atoms with Crippen molar-refractivity contribution in [2.45, 2.75) is 6.61 Å². The summed E-state index contributed by atoms with van der Waals surface area (Å²) >= 11 is 0. The van der Waals surface area contributed by atoms with Crippen molar-refractivity contribution in [2.24, 2.45) is 17.3 Å². The largest absolute Gasteiger partial charge is 0.481 e. The molecule has 0 bridgehead atoms. The van der Waals surface area contributed by atoms with Crippen LogP contribution in [0.4, 0.5) is 0 Å². The van der Waals surface area contributed by atoms with Gasteiger partial charge in [-0.05, 0) is 5.56 Å². The standard InChI is InChI=1S/C14H15NO4/c16-12(17)11-10-6-15-8-14(10,11)13(18)19-7-9-4-2-1-3-5-9/h1-5,10-11,15H,6-8H2,(H,16,17). The number of hydrogen-bond acceptors (Lipinski definition) is 4. The van der Waals surface area contributed by atoms with Gasteiger partial charge in [-0.25, -0.2) is 0 Å². The summed E-state index contributed by atoms with van der Waals surface area (Å²) < 4.78 is 5.29. The first-order valence-corrected chi connectivity index (χ1v) is 6.31. The smallest absolute Gasteiger partial charge is 0.314 e. The van der Waals surface area contributed by atoms with Crippen LogP contribution in [0.25, 0.3) is 0 Å². The van der Waals surface area contributed by atoms with Crippen LogP contribution in [0.5, 0.6) is 0 Å². The van der Waals surface area contributed by atoms with Gasteiger partial charge in [-0.2, -0.15) is 0 Å². The zero-order valence-corrected chi connectivity index (χ0v) is 10.3. The normalized spacial score (nSPS) is 31.6. The third-order valence-corrected chi connectivity index (χ3v) is 4.15. The maximum absolute atomic E-state index is 12.2. The Morgan fingerprint density at radius 3 is 2.74 bits per heavy atom. The van der Waals surface area contributed by atoms with Crippen LogP contribution in [0.3, 0.4) is 0 Å². The van der Waals surface area contributed by atoms with Crippen LogP contribution in [0.15, 0.2) is 30.3 Å². The van der Waals surface area contributed by atoms with Crippen molar-refractivity contribution in [3.05, 3.63) is 35.9 Å². The van der Waals surface area contributed by atoms with Crippen molar-refractivity contribution in [2.75, 3.05) is 13.1 Å². The zero-order valence-electron chi connectivity index (χ0n) is 10.3. The highest BCUT2D eigenvalue weighted by atomic mass is 16.5. The lowest BCUT2D eigenvalue weighted by atomic mass is 10.0. The fourth-order valence-corrected chi connectivity index (χ4v) is 3.09. The highest BCUT2D eigenvalue weighted by Gasteiger charge is 2.75. The maximum atomic E-state index is 12.2. The van der Waals surface area contributed by atoms with Crippen LogP contribution in [0, 0.1) is 17.3 Å². The maximum Gasteiger partial charge on any atom is 0.314 e. The molecule has 1 aliphatic heterocycles. The zero-order chi connectivity index (χ0) is 13.5. The Bertz CT molecular complexity index is 515. The summed E-state index contributed by atoms with van der Waals surface area (Å²) in [6.07, 6.45) is 0. The van der Waals surface area contributed by atoms with Crippen molar-refractivity contribution in [1.82, 2.24) is 5.32 Å². The predicted molar refractivity (Wildman–Crippen MR) is 66.2 cm³/mol. The second-order valence-corrected chi connectivity index (χ2v) is 5.16. The average molecular weight is 261 g/mol. The molecule has 1 aromatic rings. The van der Waals surface area contributed by atoms with Gasteiger partial charge in [-0.15, -0.1) is 0 Å². The SMILES string of the molecule is O=C(O)C1C2CNCC21C(=O)OCc1ccccc1. The minimum Gasteiger partial charge on any atom is -0.481 e. The van der Waals surface area contributed by atoms with E-state index in [4.69, 9.17) is 9.84 Å².